The van der Waals surface area contributed by atoms with Crippen LogP contribution in [0.1, 0.15) is 50.1 Å². The van der Waals surface area contributed by atoms with E-state index in [9.17, 15) is 5.41 Å². The first-order valence-electron chi connectivity index (χ1n) is 38.0. The van der Waals surface area contributed by atoms with Gasteiger partial charge in [-0.05, 0) is 260 Å². The van der Waals surface area contributed by atoms with Crippen molar-refractivity contribution in [3.8, 4) is 112 Å². The summed E-state index contributed by atoms with van der Waals surface area (Å²) in [7, 11) is 1.68. The van der Waals surface area contributed by atoms with Gasteiger partial charge in [0.25, 0.3) is 0 Å². The number of para-hydroxylation sites is 1. The van der Waals surface area contributed by atoms with Crippen molar-refractivity contribution in [2.24, 2.45) is 4.40 Å². The lowest BCUT2D eigenvalue weighted by atomic mass is 9.70. The normalized spacial score (nSPS) is 14.3. The summed E-state index contributed by atoms with van der Waals surface area (Å²) in [5, 5.41) is 12.2. The Morgan fingerprint density at radius 2 is 0.622 bits per heavy atom. The van der Waals surface area contributed by atoms with Crippen molar-refractivity contribution in [3.63, 3.8) is 0 Å². The average molecular weight is 1430 g/mol. The van der Waals surface area contributed by atoms with Crippen molar-refractivity contribution in [2.75, 3.05) is 12.0 Å². The number of rotatable bonds is 11. The molecule has 5 nitrogen and oxygen atoms in total. The van der Waals surface area contributed by atoms with Gasteiger partial charge in [-0.1, -0.05) is 285 Å². The van der Waals surface area contributed by atoms with Gasteiger partial charge < -0.3 is 14.2 Å². The first kappa shape index (κ1) is 64.3. The molecule has 5 aliphatic carbocycles. The Labute approximate surface area is 650 Å². The number of thiol groups is 1. The van der Waals surface area contributed by atoms with E-state index in [2.05, 4.69) is 372 Å². The smallest absolute Gasteiger partial charge is 0.121 e. The van der Waals surface area contributed by atoms with Crippen molar-refractivity contribution in [1.29, 1.82) is 5.41 Å². The second-order valence-corrected chi connectivity index (χ2v) is 29.9. The molecule has 16 aromatic carbocycles. The minimum absolute atomic E-state index is 0.282. The zero-order chi connectivity index (χ0) is 73.6. The van der Waals surface area contributed by atoms with Crippen molar-refractivity contribution in [1.82, 2.24) is 4.57 Å². The molecule has 0 amide bonds. The van der Waals surface area contributed by atoms with E-state index in [0.717, 1.165) is 94.8 Å². The molecular weight excluding hydrogens is 1370 g/mol. The molecule has 0 radical (unpaired) electrons. The lowest BCUT2D eigenvalue weighted by Gasteiger charge is -2.31. The average Bonchev–Trinajstić information content (AvgIpc) is 1.51. The second-order valence-electron chi connectivity index (χ2n) is 29.7. The van der Waals surface area contributed by atoms with Crippen LogP contribution in [0.5, 0.6) is 5.75 Å². The largest absolute Gasteiger partial charge is 0.497 e. The number of methoxy groups -OCH3 is 1. The van der Waals surface area contributed by atoms with E-state index < -0.39 is 10.8 Å². The number of ether oxygens (including phenoxy) is 1. The van der Waals surface area contributed by atoms with Crippen LogP contribution < -0.4 is 9.64 Å². The molecule has 5 aliphatic rings. The molecule has 17 aromatic rings. The Bertz CT molecular complexity index is 6440. The summed E-state index contributed by atoms with van der Waals surface area (Å²) in [6.45, 7) is 0. The molecule has 0 unspecified atom stereocenters. The highest BCUT2D eigenvalue weighted by Crippen LogP contribution is 2.65. The maximum absolute atomic E-state index is 9.89. The molecule has 1 N–H and O–H groups in total. The van der Waals surface area contributed by atoms with E-state index in [0.29, 0.717) is 5.71 Å². The molecule has 0 saturated carbocycles. The number of anilines is 2. The van der Waals surface area contributed by atoms with Gasteiger partial charge in [-0.2, -0.15) is 0 Å². The van der Waals surface area contributed by atoms with Gasteiger partial charge in [0.15, 0.2) is 0 Å². The standard InChI is InChI=1S/C105H68N4OS/c1-110-79-53-43-66(44-54-79)65-39-49-77(50-40-65)108(76-17-3-2-4-18-76)101-60-57-80(102(106)103(101)107-111)71-41-51-78(52-42-71)109-99-58-47-72(67-31-35-69(36-32-67)74-45-55-87-85-23-9-15-29-95(85)104(97(87)63-74)91-25-11-5-19-81(91)82-20-6-12-26-92(82)104)61-89(99)90-62-73(48-59-100(90)109)68-33-37-70(38-34-68)75-46-56-88-86-24-10-16-30-96(86)105(98(88)64-75)93-27-13-7-21-83(93)84-22-8-14-28-94(84)105/h2-64,106,111H,1H3. The number of fused-ring (bicyclic) bond motifs is 23. The molecular formula is C105H68N4OS. The summed E-state index contributed by atoms with van der Waals surface area (Å²) in [5.41, 5.74) is 40.0. The van der Waals surface area contributed by atoms with Crippen LogP contribution in [0.3, 0.4) is 0 Å². The highest BCUT2D eigenvalue weighted by atomic mass is 32.1. The van der Waals surface area contributed by atoms with Crippen molar-refractivity contribution in [3.05, 3.63) is 438 Å². The van der Waals surface area contributed by atoms with E-state index in [1.165, 1.54) is 111 Å². The molecule has 0 fully saturated rings. The Morgan fingerprint density at radius 1 is 0.306 bits per heavy atom. The van der Waals surface area contributed by atoms with Crippen LogP contribution in [0.15, 0.2) is 392 Å². The van der Waals surface area contributed by atoms with E-state index in [4.69, 9.17) is 4.74 Å². The number of hydrogen-bond acceptors (Lipinski definition) is 5. The fourth-order valence-electron chi connectivity index (χ4n) is 19.4. The number of nitrogens with one attached hydrogen (secondary N) is 1. The fraction of sp³-hybridized carbons (Fsp3) is 0.0286. The van der Waals surface area contributed by atoms with Gasteiger partial charge in [-0.15, -0.1) is 0 Å². The lowest BCUT2D eigenvalue weighted by molar-refractivity contribution is 0.415. The molecule has 2 spiro atoms. The molecule has 520 valence electrons. The van der Waals surface area contributed by atoms with E-state index in [1.54, 1.807) is 7.11 Å². The van der Waals surface area contributed by atoms with Crippen molar-refractivity contribution in [2.45, 2.75) is 10.8 Å². The molecule has 1 heterocycles. The van der Waals surface area contributed by atoms with Crippen LogP contribution in [-0.4, -0.2) is 23.1 Å². The van der Waals surface area contributed by atoms with Gasteiger partial charge in [-0.25, -0.2) is 4.40 Å². The first-order chi connectivity index (χ1) is 54.8. The summed E-state index contributed by atoms with van der Waals surface area (Å²) in [6.07, 6.45) is 4.11. The molecule has 1 aromatic heterocycles. The summed E-state index contributed by atoms with van der Waals surface area (Å²) < 4.78 is 12.4. The number of allylic oxidation sites excluding steroid dienone is 4. The summed E-state index contributed by atoms with van der Waals surface area (Å²) in [6, 6.07) is 136. The lowest BCUT2D eigenvalue weighted by Crippen LogP contribution is -2.30. The zero-order valence-electron chi connectivity index (χ0n) is 60.6. The summed E-state index contributed by atoms with van der Waals surface area (Å²) >= 11 is 4.59. The Morgan fingerprint density at radius 3 is 1.02 bits per heavy atom. The predicted octanol–water partition coefficient (Wildman–Crippen LogP) is 26.2. The van der Waals surface area contributed by atoms with Crippen molar-refractivity contribution < 1.29 is 4.74 Å². The minimum atomic E-state index is -0.417. The third-order valence-corrected chi connectivity index (χ3v) is 24.6. The van der Waals surface area contributed by atoms with E-state index in [-0.39, 0.29) is 5.71 Å². The van der Waals surface area contributed by atoms with E-state index in [1.807, 2.05) is 36.4 Å². The molecule has 0 saturated heterocycles. The molecule has 0 aliphatic heterocycles. The fourth-order valence-corrected chi connectivity index (χ4v) is 19.6. The van der Waals surface area contributed by atoms with Gasteiger partial charge >= 0.3 is 0 Å². The Balaban J connectivity index is 0.630. The van der Waals surface area contributed by atoms with Crippen LogP contribution in [0, 0.1) is 5.41 Å². The van der Waals surface area contributed by atoms with Crippen LogP contribution in [0.25, 0.3) is 133 Å². The monoisotopic (exact) mass is 1430 g/mol. The van der Waals surface area contributed by atoms with E-state index >= 15 is 0 Å². The SMILES string of the molecule is COc1ccc(-c2ccc(N(C3=CC=C(c4ccc(-n5c6ccc(-c7ccc(-c8ccc9c(c8)C8(c%10ccccc%10-c%10ccccc%108)c8ccccc8-9)cc7)cc6c6cc(-c7ccc(-c8ccc9c(c8)C8(c%10ccccc%10-c%10ccccc%108)c8ccccc8-9)cc7)ccc65)cc4)C(=N)C3=NS)c3ccccc3)cc2)cc1. The highest BCUT2D eigenvalue weighted by molar-refractivity contribution is 7.79. The van der Waals surface area contributed by atoms with Gasteiger partial charge in [0, 0.05) is 33.4 Å². The highest BCUT2D eigenvalue weighted by Gasteiger charge is 2.53. The molecule has 0 atom stereocenters. The van der Waals surface area contributed by atoms with Crippen molar-refractivity contribution >= 4 is 63.0 Å². The van der Waals surface area contributed by atoms with Gasteiger partial charge in [-0.3, -0.25) is 5.41 Å². The molecule has 0 bridgehead atoms. The van der Waals surface area contributed by atoms with Gasteiger partial charge in [0.2, 0.25) is 0 Å². The quantitative estimate of drug-likeness (QED) is 0.100. The topological polar surface area (TPSA) is 53.6 Å². The predicted molar refractivity (Wildman–Crippen MR) is 462 cm³/mol. The summed E-state index contributed by atoms with van der Waals surface area (Å²) in [5.74, 6) is 0.814. The maximum Gasteiger partial charge on any atom is 0.121 e. The maximum atomic E-state index is 9.89. The Kier molecular flexibility index (Phi) is 14.5. The zero-order valence-corrected chi connectivity index (χ0v) is 61.5. The molecule has 6 heteroatoms. The van der Waals surface area contributed by atoms with Gasteiger partial charge in [0.1, 0.15) is 11.5 Å². The summed E-state index contributed by atoms with van der Waals surface area (Å²) in [4.78, 5) is 2.15. The van der Waals surface area contributed by atoms with Crippen LogP contribution in [-0.2, 0) is 10.8 Å². The van der Waals surface area contributed by atoms with Crippen LogP contribution >= 0.6 is 12.8 Å². The molecule has 22 rings (SSSR count). The minimum Gasteiger partial charge on any atom is -0.497 e. The second kappa shape index (κ2) is 25.1. The molecule has 111 heavy (non-hydrogen) atoms. The first-order valence-corrected chi connectivity index (χ1v) is 38.4. The van der Waals surface area contributed by atoms with Crippen LogP contribution in [0.4, 0.5) is 11.4 Å². The number of benzene rings is 16. The number of hydrogen-bond donors (Lipinski definition) is 2. The number of aromatic nitrogens is 1. The third kappa shape index (κ3) is 9.51. The Hall–Kier alpha value is -13.9. The third-order valence-electron chi connectivity index (χ3n) is 24.4. The number of nitrogens with zero attached hydrogens (tertiary/aromatic N) is 3. The van der Waals surface area contributed by atoms with Crippen LogP contribution in [0.2, 0.25) is 0 Å². The van der Waals surface area contributed by atoms with Gasteiger partial charge in [0.05, 0.1) is 40.4 Å².